The predicted molar refractivity (Wildman–Crippen MR) is 69.7 cm³/mol. The standard InChI is InChI=1S/C14H14N2O/c1-16-6-4-10(5-7-16)13-9-15-14-3-2-11(17)8-12(13)14/h2-6,8-9,15,17H,7H2,1H3. The van der Waals surface area contributed by atoms with E-state index in [9.17, 15) is 5.11 Å². The summed E-state index contributed by atoms with van der Waals surface area (Å²) in [5.41, 5.74) is 3.38. The average Bonchev–Trinajstić information content (AvgIpc) is 2.73. The first-order valence-electron chi connectivity index (χ1n) is 5.63. The summed E-state index contributed by atoms with van der Waals surface area (Å²) < 4.78 is 0. The lowest BCUT2D eigenvalue weighted by Crippen LogP contribution is -2.13. The first kappa shape index (κ1) is 10.0. The van der Waals surface area contributed by atoms with Crippen molar-refractivity contribution in [3.63, 3.8) is 0 Å². The summed E-state index contributed by atoms with van der Waals surface area (Å²) in [6.45, 7) is 0.914. The average molecular weight is 226 g/mol. The number of H-pyrrole nitrogens is 1. The fraction of sp³-hybridized carbons (Fsp3) is 0.143. The van der Waals surface area contributed by atoms with Crippen LogP contribution >= 0.6 is 0 Å². The van der Waals surface area contributed by atoms with Gasteiger partial charge in [-0.25, -0.2) is 0 Å². The van der Waals surface area contributed by atoms with Crippen LogP contribution in [0.2, 0.25) is 0 Å². The summed E-state index contributed by atoms with van der Waals surface area (Å²) in [5, 5.41) is 10.6. The highest BCUT2D eigenvalue weighted by atomic mass is 16.3. The van der Waals surface area contributed by atoms with Crippen LogP contribution in [0.15, 0.2) is 42.7 Å². The molecule has 1 aliphatic rings. The van der Waals surface area contributed by atoms with E-state index in [0.717, 1.165) is 23.0 Å². The van der Waals surface area contributed by atoms with Gasteiger partial charge in [-0.15, -0.1) is 0 Å². The Bertz CT molecular complexity index is 622. The van der Waals surface area contributed by atoms with E-state index in [2.05, 4.69) is 28.2 Å². The van der Waals surface area contributed by atoms with E-state index in [1.54, 1.807) is 12.1 Å². The van der Waals surface area contributed by atoms with E-state index in [0.29, 0.717) is 5.75 Å². The van der Waals surface area contributed by atoms with Crippen LogP contribution < -0.4 is 0 Å². The Morgan fingerprint density at radius 3 is 3.00 bits per heavy atom. The lowest BCUT2D eigenvalue weighted by Gasteiger charge is -2.16. The number of allylic oxidation sites excluding steroid dienone is 2. The summed E-state index contributed by atoms with van der Waals surface area (Å²) in [6, 6.07) is 5.39. The molecule has 0 radical (unpaired) electrons. The van der Waals surface area contributed by atoms with Crippen molar-refractivity contribution in [2.45, 2.75) is 0 Å². The van der Waals surface area contributed by atoms with Gasteiger partial charge in [0.1, 0.15) is 5.75 Å². The second-order valence-electron chi connectivity index (χ2n) is 4.35. The minimum absolute atomic E-state index is 0.302. The molecular formula is C14H14N2O. The topological polar surface area (TPSA) is 39.3 Å². The molecule has 0 aliphatic carbocycles. The molecule has 2 heterocycles. The Balaban J connectivity index is 2.12. The Morgan fingerprint density at radius 2 is 2.24 bits per heavy atom. The molecule has 2 aromatic rings. The third kappa shape index (κ3) is 1.69. The van der Waals surface area contributed by atoms with Gasteiger partial charge in [-0.2, -0.15) is 0 Å². The monoisotopic (exact) mass is 226 g/mol. The van der Waals surface area contributed by atoms with Gasteiger partial charge in [-0.3, -0.25) is 0 Å². The Hall–Kier alpha value is -2.16. The quantitative estimate of drug-likeness (QED) is 0.784. The number of hydrogen-bond acceptors (Lipinski definition) is 2. The number of fused-ring (bicyclic) bond motifs is 1. The molecule has 3 rings (SSSR count). The highest BCUT2D eigenvalue weighted by Gasteiger charge is 2.09. The van der Waals surface area contributed by atoms with Crippen LogP contribution in [0.1, 0.15) is 5.56 Å². The summed E-state index contributed by atoms with van der Waals surface area (Å²) >= 11 is 0. The van der Waals surface area contributed by atoms with Gasteiger partial charge in [0.05, 0.1) is 0 Å². The predicted octanol–water partition coefficient (Wildman–Crippen LogP) is 2.72. The van der Waals surface area contributed by atoms with Crippen molar-refractivity contribution in [2.24, 2.45) is 0 Å². The smallest absolute Gasteiger partial charge is 0.116 e. The lowest BCUT2D eigenvalue weighted by molar-refractivity contribution is 0.476. The zero-order valence-corrected chi connectivity index (χ0v) is 9.64. The molecular weight excluding hydrogens is 212 g/mol. The van der Waals surface area contributed by atoms with Crippen molar-refractivity contribution in [3.8, 4) is 5.75 Å². The fourth-order valence-electron chi connectivity index (χ4n) is 2.13. The minimum Gasteiger partial charge on any atom is -0.508 e. The number of benzene rings is 1. The van der Waals surface area contributed by atoms with Crippen LogP contribution in [0, 0.1) is 0 Å². The van der Waals surface area contributed by atoms with E-state index in [4.69, 9.17) is 0 Å². The molecule has 3 heteroatoms. The number of phenols is 1. The molecule has 3 nitrogen and oxygen atoms in total. The summed E-state index contributed by atoms with van der Waals surface area (Å²) in [7, 11) is 2.05. The van der Waals surface area contributed by atoms with E-state index >= 15 is 0 Å². The Kier molecular flexibility index (Phi) is 2.18. The number of aromatic hydroxyl groups is 1. The minimum atomic E-state index is 0.302. The highest BCUT2D eigenvalue weighted by molar-refractivity contribution is 5.95. The molecule has 1 aromatic heterocycles. The number of phenolic OH excluding ortho intramolecular Hbond substituents is 1. The van der Waals surface area contributed by atoms with Crippen LogP contribution in [0.3, 0.4) is 0 Å². The van der Waals surface area contributed by atoms with Crippen LogP contribution in [-0.2, 0) is 0 Å². The molecule has 1 aliphatic heterocycles. The second-order valence-corrected chi connectivity index (χ2v) is 4.35. The molecule has 0 atom stereocenters. The molecule has 0 fully saturated rings. The van der Waals surface area contributed by atoms with Crippen molar-refractivity contribution in [3.05, 3.63) is 48.3 Å². The van der Waals surface area contributed by atoms with Gasteiger partial charge in [0, 0.05) is 36.3 Å². The van der Waals surface area contributed by atoms with Crippen LogP contribution in [-0.4, -0.2) is 28.6 Å². The van der Waals surface area contributed by atoms with Gasteiger partial charge in [0.25, 0.3) is 0 Å². The third-order valence-corrected chi connectivity index (χ3v) is 3.08. The number of hydrogen-bond donors (Lipinski definition) is 2. The normalized spacial score (nSPS) is 15.4. The number of likely N-dealkylation sites (N-methyl/N-ethyl adjacent to an activating group) is 1. The number of aromatic nitrogens is 1. The molecule has 17 heavy (non-hydrogen) atoms. The maximum Gasteiger partial charge on any atom is 0.116 e. The molecule has 0 amide bonds. The van der Waals surface area contributed by atoms with Crippen molar-refractivity contribution >= 4 is 16.5 Å². The largest absolute Gasteiger partial charge is 0.508 e. The Morgan fingerprint density at radius 1 is 1.35 bits per heavy atom. The van der Waals surface area contributed by atoms with Gasteiger partial charge in [0.15, 0.2) is 0 Å². The van der Waals surface area contributed by atoms with Gasteiger partial charge in [-0.1, -0.05) is 6.08 Å². The maximum atomic E-state index is 9.55. The Labute approximate surface area is 99.7 Å². The fourth-order valence-corrected chi connectivity index (χ4v) is 2.13. The van der Waals surface area contributed by atoms with Crippen LogP contribution in [0.25, 0.3) is 16.5 Å². The lowest BCUT2D eigenvalue weighted by atomic mass is 10.0. The third-order valence-electron chi connectivity index (χ3n) is 3.08. The molecule has 0 spiro atoms. The molecule has 86 valence electrons. The molecule has 0 saturated carbocycles. The first-order chi connectivity index (χ1) is 8.24. The molecule has 2 N–H and O–H groups in total. The summed E-state index contributed by atoms with van der Waals surface area (Å²) in [5.74, 6) is 0.302. The molecule has 0 unspecified atom stereocenters. The number of nitrogens with one attached hydrogen (secondary N) is 1. The summed E-state index contributed by atoms with van der Waals surface area (Å²) in [4.78, 5) is 5.35. The van der Waals surface area contributed by atoms with Crippen LogP contribution in [0.5, 0.6) is 5.75 Å². The zero-order valence-electron chi connectivity index (χ0n) is 9.64. The van der Waals surface area contributed by atoms with E-state index in [1.807, 2.05) is 19.3 Å². The summed E-state index contributed by atoms with van der Waals surface area (Å²) in [6.07, 6.45) is 8.34. The maximum absolute atomic E-state index is 9.55. The molecule has 1 aromatic carbocycles. The SMILES string of the molecule is CN1C=CC(c2c[nH]c3ccc(O)cc23)=CC1. The molecule has 0 bridgehead atoms. The number of nitrogens with zero attached hydrogens (tertiary/aromatic N) is 1. The zero-order chi connectivity index (χ0) is 11.8. The van der Waals surface area contributed by atoms with E-state index in [1.165, 1.54) is 5.57 Å². The van der Waals surface area contributed by atoms with Gasteiger partial charge in [0.2, 0.25) is 0 Å². The van der Waals surface area contributed by atoms with Crippen molar-refractivity contribution < 1.29 is 5.11 Å². The van der Waals surface area contributed by atoms with Gasteiger partial charge < -0.3 is 15.0 Å². The number of rotatable bonds is 1. The van der Waals surface area contributed by atoms with Crippen LogP contribution in [0.4, 0.5) is 0 Å². The second kappa shape index (κ2) is 3.70. The van der Waals surface area contributed by atoms with E-state index in [-0.39, 0.29) is 0 Å². The van der Waals surface area contributed by atoms with Crippen molar-refractivity contribution in [2.75, 3.05) is 13.6 Å². The first-order valence-corrected chi connectivity index (χ1v) is 5.63. The highest BCUT2D eigenvalue weighted by Crippen LogP contribution is 2.29. The number of aromatic amines is 1. The van der Waals surface area contributed by atoms with Gasteiger partial charge in [-0.05, 0) is 36.0 Å². The van der Waals surface area contributed by atoms with Crippen molar-refractivity contribution in [1.29, 1.82) is 0 Å². The van der Waals surface area contributed by atoms with Gasteiger partial charge >= 0.3 is 0 Å². The molecule has 0 saturated heterocycles. The van der Waals surface area contributed by atoms with Crippen molar-refractivity contribution in [1.82, 2.24) is 9.88 Å². The van der Waals surface area contributed by atoms with E-state index < -0.39 is 0 Å².